The fourth-order valence-electron chi connectivity index (χ4n) is 1.97. The molecule has 0 aliphatic heterocycles. The van der Waals surface area contributed by atoms with Crippen LogP contribution >= 0.6 is 0 Å². The lowest BCUT2D eigenvalue weighted by atomic mass is 10.2. The van der Waals surface area contributed by atoms with Crippen LogP contribution in [0.5, 0.6) is 0 Å². The quantitative estimate of drug-likeness (QED) is 0.873. The lowest BCUT2D eigenvalue weighted by Crippen LogP contribution is -2.07. The van der Waals surface area contributed by atoms with E-state index in [0.717, 1.165) is 30.0 Å². The zero-order valence-electron chi connectivity index (χ0n) is 12.0. The highest BCUT2D eigenvalue weighted by atomic mass is 19.1. The topological polar surface area (TPSA) is 49.8 Å². The van der Waals surface area contributed by atoms with E-state index >= 15 is 0 Å². The van der Waals surface area contributed by atoms with Gasteiger partial charge >= 0.3 is 0 Å². The van der Waals surface area contributed by atoms with Gasteiger partial charge in [-0.15, -0.1) is 0 Å². The molecule has 106 valence electrons. The maximum absolute atomic E-state index is 13.2. The molecular weight excluding hydrogens is 255 g/mol. The van der Waals surface area contributed by atoms with Gasteiger partial charge in [-0.25, -0.2) is 14.4 Å². The summed E-state index contributed by atoms with van der Waals surface area (Å²) in [5.41, 5.74) is 1.59. The van der Waals surface area contributed by atoms with Crippen molar-refractivity contribution in [3.05, 3.63) is 41.5 Å². The molecule has 0 amide bonds. The molecule has 0 atom stereocenters. The number of anilines is 3. The summed E-state index contributed by atoms with van der Waals surface area (Å²) < 4.78 is 13.2. The molecule has 0 radical (unpaired) electrons. The van der Waals surface area contributed by atoms with E-state index in [1.807, 2.05) is 20.0 Å². The van der Waals surface area contributed by atoms with Gasteiger partial charge < -0.3 is 10.6 Å². The minimum Gasteiger partial charge on any atom is -0.373 e. The lowest BCUT2D eigenvalue weighted by Gasteiger charge is -2.13. The molecule has 0 aliphatic carbocycles. The Hall–Kier alpha value is -2.17. The standard InChI is InChI=1S/C15H19FN4/c1-4-6-13-19-14(17-3)10(2)15(20-13)18-12-8-5-7-11(16)9-12/h5,7-9H,4,6H2,1-3H3,(H2,17,18,19,20). The third-order valence-electron chi connectivity index (χ3n) is 2.99. The fourth-order valence-corrected chi connectivity index (χ4v) is 1.97. The first-order valence-corrected chi connectivity index (χ1v) is 6.72. The Morgan fingerprint density at radius 3 is 2.60 bits per heavy atom. The normalized spacial score (nSPS) is 10.4. The summed E-state index contributed by atoms with van der Waals surface area (Å²) >= 11 is 0. The van der Waals surface area contributed by atoms with Gasteiger partial charge in [-0.05, 0) is 31.5 Å². The molecule has 0 bridgehead atoms. The molecule has 5 heteroatoms. The van der Waals surface area contributed by atoms with Crippen LogP contribution in [0, 0.1) is 12.7 Å². The molecule has 2 rings (SSSR count). The van der Waals surface area contributed by atoms with Gasteiger partial charge in [0.1, 0.15) is 23.3 Å². The maximum atomic E-state index is 13.2. The first kappa shape index (κ1) is 14.2. The van der Waals surface area contributed by atoms with E-state index in [0.29, 0.717) is 11.5 Å². The minimum atomic E-state index is -0.274. The van der Waals surface area contributed by atoms with Crippen molar-refractivity contribution in [1.29, 1.82) is 0 Å². The number of hydrogen-bond donors (Lipinski definition) is 2. The highest BCUT2D eigenvalue weighted by Crippen LogP contribution is 2.24. The Morgan fingerprint density at radius 2 is 1.95 bits per heavy atom. The van der Waals surface area contributed by atoms with Gasteiger partial charge in [-0.3, -0.25) is 0 Å². The van der Waals surface area contributed by atoms with E-state index in [4.69, 9.17) is 0 Å². The van der Waals surface area contributed by atoms with Crippen molar-refractivity contribution in [3.63, 3.8) is 0 Å². The fraction of sp³-hybridized carbons (Fsp3) is 0.333. The predicted molar refractivity (Wildman–Crippen MR) is 80.0 cm³/mol. The highest BCUT2D eigenvalue weighted by molar-refractivity contribution is 5.64. The summed E-state index contributed by atoms with van der Waals surface area (Å²) in [6.45, 7) is 4.02. The second kappa shape index (κ2) is 6.32. The SMILES string of the molecule is CCCc1nc(NC)c(C)c(Nc2cccc(F)c2)n1. The number of aromatic nitrogens is 2. The lowest BCUT2D eigenvalue weighted by molar-refractivity contribution is 0.628. The monoisotopic (exact) mass is 274 g/mol. The van der Waals surface area contributed by atoms with Gasteiger partial charge in [-0.1, -0.05) is 13.0 Å². The molecule has 4 nitrogen and oxygen atoms in total. The van der Waals surface area contributed by atoms with Crippen LogP contribution in [-0.4, -0.2) is 17.0 Å². The minimum absolute atomic E-state index is 0.274. The average molecular weight is 274 g/mol. The van der Waals surface area contributed by atoms with E-state index in [-0.39, 0.29) is 5.82 Å². The molecule has 2 aromatic rings. The molecule has 1 aromatic heterocycles. The van der Waals surface area contributed by atoms with E-state index < -0.39 is 0 Å². The van der Waals surface area contributed by atoms with Crippen LogP contribution < -0.4 is 10.6 Å². The molecule has 0 fully saturated rings. The third-order valence-corrected chi connectivity index (χ3v) is 2.99. The van der Waals surface area contributed by atoms with Crippen molar-refractivity contribution in [2.24, 2.45) is 0 Å². The first-order valence-electron chi connectivity index (χ1n) is 6.72. The number of benzene rings is 1. The Balaban J connectivity index is 2.36. The van der Waals surface area contributed by atoms with Crippen molar-refractivity contribution in [2.45, 2.75) is 26.7 Å². The number of aryl methyl sites for hydroxylation is 1. The Labute approximate surface area is 118 Å². The third kappa shape index (κ3) is 3.23. The summed E-state index contributed by atoms with van der Waals surface area (Å²) in [5, 5.41) is 6.22. The smallest absolute Gasteiger partial charge is 0.139 e. The summed E-state index contributed by atoms with van der Waals surface area (Å²) in [4.78, 5) is 8.97. The molecule has 0 aliphatic rings. The summed E-state index contributed by atoms with van der Waals surface area (Å²) in [5.74, 6) is 2.01. The van der Waals surface area contributed by atoms with Gasteiger partial charge in [-0.2, -0.15) is 0 Å². The van der Waals surface area contributed by atoms with E-state index in [2.05, 4.69) is 27.5 Å². The second-order valence-corrected chi connectivity index (χ2v) is 4.60. The maximum Gasteiger partial charge on any atom is 0.139 e. The average Bonchev–Trinajstić information content (AvgIpc) is 2.42. The first-order chi connectivity index (χ1) is 9.63. The molecule has 2 N–H and O–H groups in total. The van der Waals surface area contributed by atoms with Crippen LogP contribution in [0.1, 0.15) is 24.7 Å². The summed E-state index contributed by atoms with van der Waals surface area (Å²) in [6, 6.07) is 6.34. The van der Waals surface area contributed by atoms with E-state index in [1.165, 1.54) is 12.1 Å². The van der Waals surface area contributed by atoms with Crippen molar-refractivity contribution < 1.29 is 4.39 Å². The Bertz CT molecular complexity index is 598. The van der Waals surface area contributed by atoms with E-state index in [9.17, 15) is 4.39 Å². The largest absolute Gasteiger partial charge is 0.373 e. The van der Waals surface area contributed by atoms with Crippen molar-refractivity contribution >= 4 is 17.3 Å². The van der Waals surface area contributed by atoms with Crippen LogP contribution in [0.15, 0.2) is 24.3 Å². The van der Waals surface area contributed by atoms with Gasteiger partial charge in [0.15, 0.2) is 0 Å². The van der Waals surface area contributed by atoms with Gasteiger partial charge in [0.05, 0.1) is 0 Å². The number of nitrogens with one attached hydrogen (secondary N) is 2. The van der Waals surface area contributed by atoms with Crippen molar-refractivity contribution in [3.8, 4) is 0 Å². The van der Waals surface area contributed by atoms with Gasteiger partial charge in [0.2, 0.25) is 0 Å². The molecule has 0 spiro atoms. The molecular formula is C15H19FN4. The zero-order chi connectivity index (χ0) is 14.5. The molecule has 0 saturated carbocycles. The zero-order valence-corrected chi connectivity index (χ0v) is 12.0. The number of halogens is 1. The number of hydrogen-bond acceptors (Lipinski definition) is 4. The molecule has 1 heterocycles. The number of nitrogens with zero attached hydrogens (tertiary/aromatic N) is 2. The van der Waals surface area contributed by atoms with Crippen molar-refractivity contribution in [1.82, 2.24) is 9.97 Å². The van der Waals surface area contributed by atoms with Crippen LogP contribution in [0.25, 0.3) is 0 Å². The van der Waals surface area contributed by atoms with Gasteiger partial charge in [0, 0.05) is 24.7 Å². The van der Waals surface area contributed by atoms with Crippen molar-refractivity contribution in [2.75, 3.05) is 17.7 Å². The summed E-state index contributed by atoms with van der Waals surface area (Å²) in [7, 11) is 1.83. The van der Waals surface area contributed by atoms with E-state index in [1.54, 1.807) is 6.07 Å². The van der Waals surface area contributed by atoms with Gasteiger partial charge in [0.25, 0.3) is 0 Å². The second-order valence-electron chi connectivity index (χ2n) is 4.60. The van der Waals surface area contributed by atoms with Crippen LogP contribution in [0.4, 0.5) is 21.7 Å². The number of rotatable bonds is 5. The molecule has 0 unspecified atom stereocenters. The predicted octanol–water partition coefficient (Wildman–Crippen LogP) is 3.66. The van der Waals surface area contributed by atoms with Crippen LogP contribution in [0.2, 0.25) is 0 Å². The highest BCUT2D eigenvalue weighted by Gasteiger charge is 2.10. The Morgan fingerprint density at radius 1 is 1.20 bits per heavy atom. The summed E-state index contributed by atoms with van der Waals surface area (Å²) in [6.07, 6.45) is 1.79. The Kier molecular flexibility index (Phi) is 4.50. The van der Waals surface area contributed by atoms with Crippen LogP contribution in [-0.2, 0) is 6.42 Å². The molecule has 1 aromatic carbocycles. The molecule has 0 saturated heterocycles. The van der Waals surface area contributed by atoms with Crippen LogP contribution in [0.3, 0.4) is 0 Å². The molecule has 20 heavy (non-hydrogen) atoms.